The van der Waals surface area contributed by atoms with Crippen molar-refractivity contribution in [1.29, 1.82) is 0 Å². The smallest absolute Gasteiger partial charge is 0.00125 e. The molecule has 0 aromatic carbocycles. The van der Waals surface area contributed by atoms with Gasteiger partial charge >= 0.3 is 0 Å². The van der Waals surface area contributed by atoms with Gasteiger partial charge in [0.25, 0.3) is 0 Å². The summed E-state index contributed by atoms with van der Waals surface area (Å²) >= 11 is 0. The monoisotopic (exact) mass is 235 g/mol. The van der Waals surface area contributed by atoms with Gasteiger partial charge in [-0.3, -0.25) is 0 Å². The molecule has 1 saturated heterocycles. The van der Waals surface area contributed by atoms with Crippen LogP contribution >= 0.6 is 0 Å². The molecule has 1 heteroatoms. The summed E-state index contributed by atoms with van der Waals surface area (Å²) in [4.78, 5) is 0. The highest BCUT2D eigenvalue weighted by molar-refractivity contribution is 5.02. The van der Waals surface area contributed by atoms with E-state index in [0.717, 1.165) is 17.3 Å². The van der Waals surface area contributed by atoms with Crippen LogP contribution in [0.25, 0.3) is 0 Å². The summed E-state index contributed by atoms with van der Waals surface area (Å²) in [6.45, 7) is 7.59. The Bertz CT molecular complexity index is 277. The lowest BCUT2D eigenvalue weighted by atomic mass is 9.63. The van der Waals surface area contributed by atoms with Gasteiger partial charge in [0.1, 0.15) is 0 Å². The van der Waals surface area contributed by atoms with Crippen LogP contribution < -0.4 is 5.32 Å². The molecule has 1 heterocycles. The van der Waals surface area contributed by atoms with Crippen molar-refractivity contribution < 1.29 is 0 Å². The molecule has 98 valence electrons. The number of hydrogen-bond donors (Lipinski definition) is 1. The molecule has 1 N–H and O–H groups in total. The molecule has 2 saturated carbocycles. The van der Waals surface area contributed by atoms with E-state index in [-0.39, 0.29) is 0 Å². The average molecular weight is 235 g/mol. The van der Waals surface area contributed by atoms with Crippen LogP contribution in [0.2, 0.25) is 0 Å². The number of hydrogen-bond acceptors (Lipinski definition) is 1. The van der Waals surface area contributed by atoms with E-state index in [9.17, 15) is 0 Å². The molecule has 3 fully saturated rings. The highest BCUT2D eigenvalue weighted by atomic mass is 14.9. The van der Waals surface area contributed by atoms with Gasteiger partial charge in [0, 0.05) is 0 Å². The molecule has 2 aliphatic carbocycles. The zero-order valence-corrected chi connectivity index (χ0v) is 11.7. The normalized spacial score (nSPS) is 42.4. The van der Waals surface area contributed by atoms with E-state index in [4.69, 9.17) is 0 Å². The number of piperidine rings is 1. The molecule has 0 amide bonds. The van der Waals surface area contributed by atoms with Crippen LogP contribution in [0.4, 0.5) is 0 Å². The Morgan fingerprint density at radius 2 is 1.76 bits per heavy atom. The van der Waals surface area contributed by atoms with Crippen molar-refractivity contribution in [3.8, 4) is 0 Å². The van der Waals surface area contributed by atoms with Crippen LogP contribution in [-0.4, -0.2) is 13.1 Å². The van der Waals surface area contributed by atoms with Gasteiger partial charge in [-0.15, -0.1) is 0 Å². The van der Waals surface area contributed by atoms with E-state index in [0.29, 0.717) is 5.41 Å². The minimum Gasteiger partial charge on any atom is -0.316 e. The fraction of sp³-hybridized carbons (Fsp3) is 1.00. The molecular formula is C16H29N. The molecular weight excluding hydrogens is 206 g/mol. The lowest BCUT2D eigenvalue weighted by Gasteiger charge is -2.46. The Balaban J connectivity index is 1.80. The minimum absolute atomic E-state index is 0.619. The standard InChI is InChI=1S/C16H29N/c1-15(2)7-8-16(12-15)9-10-17-11-14(16)13-5-3-4-6-13/h13-14,17H,3-12H2,1-2H3. The van der Waals surface area contributed by atoms with Crippen LogP contribution in [0.1, 0.15) is 65.2 Å². The highest BCUT2D eigenvalue weighted by Gasteiger charge is 2.51. The molecule has 0 aromatic rings. The molecule has 3 rings (SSSR count). The average Bonchev–Trinajstić information content (AvgIpc) is 2.88. The van der Waals surface area contributed by atoms with Gasteiger partial charge < -0.3 is 5.32 Å². The molecule has 3 aliphatic rings. The van der Waals surface area contributed by atoms with Crippen LogP contribution in [0.5, 0.6) is 0 Å². The highest BCUT2D eigenvalue weighted by Crippen LogP contribution is 2.58. The lowest BCUT2D eigenvalue weighted by molar-refractivity contribution is 0.0562. The molecule has 2 unspecified atom stereocenters. The minimum atomic E-state index is 0.619. The number of rotatable bonds is 1. The summed E-state index contributed by atoms with van der Waals surface area (Å²) in [6.07, 6.45) is 12.0. The van der Waals surface area contributed by atoms with Crippen molar-refractivity contribution in [3.05, 3.63) is 0 Å². The molecule has 17 heavy (non-hydrogen) atoms. The van der Waals surface area contributed by atoms with Crippen molar-refractivity contribution in [2.75, 3.05) is 13.1 Å². The predicted molar refractivity (Wildman–Crippen MR) is 73.0 cm³/mol. The van der Waals surface area contributed by atoms with E-state index in [1.807, 2.05) is 0 Å². The SMILES string of the molecule is CC1(C)CCC2(CCNCC2C2CCCC2)C1. The summed E-state index contributed by atoms with van der Waals surface area (Å²) in [5, 5.41) is 3.69. The van der Waals surface area contributed by atoms with E-state index in [2.05, 4.69) is 19.2 Å². The largest absolute Gasteiger partial charge is 0.316 e. The van der Waals surface area contributed by atoms with Crippen molar-refractivity contribution in [3.63, 3.8) is 0 Å². The second kappa shape index (κ2) is 4.26. The molecule has 1 aliphatic heterocycles. The molecule has 2 atom stereocenters. The predicted octanol–water partition coefficient (Wildman–Crippen LogP) is 3.98. The van der Waals surface area contributed by atoms with Gasteiger partial charge in [0.15, 0.2) is 0 Å². The molecule has 0 aromatic heterocycles. The third-order valence-corrected chi connectivity index (χ3v) is 6.05. The molecule has 0 radical (unpaired) electrons. The van der Waals surface area contributed by atoms with Crippen LogP contribution in [0, 0.1) is 22.7 Å². The van der Waals surface area contributed by atoms with Gasteiger partial charge in [-0.1, -0.05) is 39.5 Å². The molecule has 0 bridgehead atoms. The lowest BCUT2D eigenvalue weighted by Crippen LogP contribution is -2.47. The van der Waals surface area contributed by atoms with Crippen LogP contribution in [0.3, 0.4) is 0 Å². The topological polar surface area (TPSA) is 12.0 Å². The van der Waals surface area contributed by atoms with Crippen LogP contribution in [-0.2, 0) is 0 Å². The Morgan fingerprint density at radius 1 is 1.00 bits per heavy atom. The van der Waals surface area contributed by atoms with Gasteiger partial charge in [0.05, 0.1) is 0 Å². The van der Waals surface area contributed by atoms with E-state index in [1.54, 1.807) is 0 Å². The van der Waals surface area contributed by atoms with Crippen LogP contribution in [0.15, 0.2) is 0 Å². The third kappa shape index (κ3) is 2.16. The van der Waals surface area contributed by atoms with Crippen molar-refractivity contribution in [2.45, 2.75) is 65.2 Å². The molecule has 1 spiro atoms. The fourth-order valence-electron chi connectivity index (χ4n) is 5.27. The Kier molecular flexibility index (Phi) is 3.01. The maximum absolute atomic E-state index is 3.69. The first-order valence-electron chi connectivity index (χ1n) is 7.82. The summed E-state index contributed by atoms with van der Waals surface area (Å²) in [6, 6.07) is 0. The first-order chi connectivity index (χ1) is 8.11. The van der Waals surface area contributed by atoms with Gasteiger partial charge in [-0.25, -0.2) is 0 Å². The fourth-order valence-corrected chi connectivity index (χ4v) is 5.27. The zero-order chi connectivity index (χ0) is 11.9. The maximum atomic E-state index is 3.69. The quantitative estimate of drug-likeness (QED) is 0.725. The zero-order valence-electron chi connectivity index (χ0n) is 11.7. The van der Waals surface area contributed by atoms with Gasteiger partial charge in [0.2, 0.25) is 0 Å². The second-order valence-electron chi connectivity index (χ2n) is 7.81. The Hall–Kier alpha value is -0.0400. The second-order valence-corrected chi connectivity index (χ2v) is 7.81. The van der Waals surface area contributed by atoms with Gasteiger partial charge in [-0.2, -0.15) is 0 Å². The van der Waals surface area contributed by atoms with Crippen molar-refractivity contribution >= 4 is 0 Å². The first-order valence-corrected chi connectivity index (χ1v) is 7.82. The Labute approximate surface area is 107 Å². The maximum Gasteiger partial charge on any atom is -0.00125 e. The first kappa shape index (κ1) is 12.0. The van der Waals surface area contributed by atoms with E-state index >= 15 is 0 Å². The van der Waals surface area contributed by atoms with Crippen molar-refractivity contribution in [1.82, 2.24) is 5.32 Å². The summed E-state index contributed by atoms with van der Waals surface area (Å²) in [5.74, 6) is 2.05. The van der Waals surface area contributed by atoms with E-state index < -0.39 is 0 Å². The summed E-state index contributed by atoms with van der Waals surface area (Å²) in [5.41, 5.74) is 1.35. The van der Waals surface area contributed by atoms with Gasteiger partial charge in [-0.05, 0) is 61.4 Å². The summed E-state index contributed by atoms with van der Waals surface area (Å²) < 4.78 is 0. The Morgan fingerprint density at radius 3 is 2.41 bits per heavy atom. The summed E-state index contributed by atoms with van der Waals surface area (Å²) in [7, 11) is 0. The number of nitrogens with one attached hydrogen (secondary N) is 1. The van der Waals surface area contributed by atoms with Crippen molar-refractivity contribution in [2.24, 2.45) is 22.7 Å². The molecule has 1 nitrogen and oxygen atoms in total. The third-order valence-electron chi connectivity index (χ3n) is 6.05. The van der Waals surface area contributed by atoms with E-state index in [1.165, 1.54) is 64.5 Å².